The standard InChI is InChI=1S/C15H11ClFNO3/c1-21-15(20)9-2-4-13(12(17)7-9)18-8-10-6-11(16)3-5-14(10)19/h2-8,19H,1H3. The summed E-state index contributed by atoms with van der Waals surface area (Å²) in [5, 5.41) is 10.1. The average molecular weight is 308 g/mol. The molecular weight excluding hydrogens is 297 g/mol. The van der Waals surface area contributed by atoms with Crippen molar-refractivity contribution in [2.24, 2.45) is 4.99 Å². The second-order valence-corrected chi connectivity index (χ2v) is 4.56. The lowest BCUT2D eigenvalue weighted by Gasteiger charge is -2.02. The van der Waals surface area contributed by atoms with Crippen molar-refractivity contribution in [2.75, 3.05) is 7.11 Å². The van der Waals surface area contributed by atoms with Gasteiger partial charge < -0.3 is 9.84 Å². The Morgan fingerprint density at radius 1 is 1.33 bits per heavy atom. The number of hydrogen-bond donors (Lipinski definition) is 1. The molecule has 0 unspecified atom stereocenters. The Hall–Kier alpha value is -2.40. The summed E-state index contributed by atoms with van der Waals surface area (Å²) in [6.45, 7) is 0. The summed E-state index contributed by atoms with van der Waals surface area (Å²) in [6, 6.07) is 8.23. The molecule has 4 nitrogen and oxygen atoms in total. The third-order valence-electron chi connectivity index (χ3n) is 2.70. The Morgan fingerprint density at radius 3 is 2.76 bits per heavy atom. The number of rotatable bonds is 3. The van der Waals surface area contributed by atoms with E-state index >= 15 is 0 Å². The minimum atomic E-state index is -0.671. The molecule has 0 fully saturated rings. The number of benzene rings is 2. The average Bonchev–Trinajstić information content (AvgIpc) is 2.48. The largest absolute Gasteiger partial charge is 0.507 e. The quantitative estimate of drug-likeness (QED) is 0.694. The zero-order valence-corrected chi connectivity index (χ0v) is 11.8. The number of aliphatic imine (C=N–C) groups is 1. The normalized spacial score (nSPS) is 10.8. The Balaban J connectivity index is 2.29. The van der Waals surface area contributed by atoms with Crippen molar-refractivity contribution in [2.45, 2.75) is 0 Å². The molecule has 0 atom stereocenters. The number of aromatic hydroxyl groups is 1. The van der Waals surface area contributed by atoms with Crippen molar-refractivity contribution in [1.82, 2.24) is 0 Å². The highest BCUT2D eigenvalue weighted by Gasteiger charge is 2.09. The Bertz CT molecular complexity index is 716. The van der Waals surface area contributed by atoms with Crippen LogP contribution in [0.2, 0.25) is 5.02 Å². The van der Waals surface area contributed by atoms with Gasteiger partial charge in [0.05, 0.1) is 18.4 Å². The first-order chi connectivity index (χ1) is 10.0. The van der Waals surface area contributed by atoms with Crippen LogP contribution in [0, 0.1) is 5.82 Å². The van der Waals surface area contributed by atoms with Crippen molar-refractivity contribution >= 4 is 29.5 Å². The molecule has 21 heavy (non-hydrogen) atoms. The monoisotopic (exact) mass is 307 g/mol. The van der Waals surface area contributed by atoms with Gasteiger partial charge in [0.1, 0.15) is 11.6 Å². The van der Waals surface area contributed by atoms with Gasteiger partial charge in [-0.05, 0) is 36.4 Å². The first-order valence-corrected chi connectivity index (χ1v) is 6.29. The first kappa shape index (κ1) is 15.0. The van der Waals surface area contributed by atoms with Gasteiger partial charge >= 0.3 is 5.97 Å². The molecule has 0 saturated heterocycles. The molecule has 0 aliphatic rings. The predicted octanol–water partition coefficient (Wildman–Crippen LogP) is 3.72. The maximum Gasteiger partial charge on any atom is 0.337 e. The van der Waals surface area contributed by atoms with Crippen LogP contribution in [-0.2, 0) is 4.74 Å². The number of ether oxygens (including phenoxy) is 1. The number of hydrogen-bond acceptors (Lipinski definition) is 4. The smallest absolute Gasteiger partial charge is 0.337 e. The zero-order valence-electron chi connectivity index (χ0n) is 11.0. The highest BCUT2D eigenvalue weighted by Crippen LogP contribution is 2.23. The van der Waals surface area contributed by atoms with Gasteiger partial charge in [-0.25, -0.2) is 9.18 Å². The van der Waals surface area contributed by atoms with Crippen LogP contribution in [0.4, 0.5) is 10.1 Å². The van der Waals surface area contributed by atoms with Crippen LogP contribution >= 0.6 is 11.6 Å². The number of methoxy groups -OCH3 is 1. The fourth-order valence-electron chi connectivity index (χ4n) is 1.62. The third-order valence-corrected chi connectivity index (χ3v) is 2.94. The number of phenols is 1. The van der Waals surface area contributed by atoms with Gasteiger partial charge in [0, 0.05) is 16.8 Å². The SMILES string of the molecule is COC(=O)c1ccc(N=Cc2cc(Cl)ccc2O)c(F)c1. The van der Waals surface area contributed by atoms with E-state index in [9.17, 15) is 14.3 Å². The van der Waals surface area contributed by atoms with E-state index in [1.165, 1.54) is 43.7 Å². The molecule has 2 aromatic rings. The molecule has 0 radical (unpaired) electrons. The summed E-state index contributed by atoms with van der Waals surface area (Å²) in [5.41, 5.74) is 0.487. The van der Waals surface area contributed by atoms with E-state index in [4.69, 9.17) is 11.6 Å². The summed E-state index contributed by atoms with van der Waals surface area (Å²) in [5.74, 6) is -1.32. The molecule has 0 heterocycles. The van der Waals surface area contributed by atoms with Gasteiger partial charge in [0.2, 0.25) is 0 Å². The van der Waals surface area contributed by atoms with E-state index in [0.717, 1.165) is 6.07 Å². The van der Waals surface area contributed by atoms with Crippen molar-refractivity contribution in [1.29, 1.82) is 0 Å². The Labute approximate surface area is 125 Å². The molecule has 0 amide bonds. The number of carbonyl (C=O) groups is 1. The van der Waals surface area contributed by atoms with Crippen molar-refractivity contribution in [3.63, 3.8) is 0 Å². The lowest BCUT2D eigenvalue weighted by molar-refractivity contribution is 0.0600. The number of esters is 1. The molecule has 6 heteroatoms. The second kappa shape index (κ2) is 6.37. The molecule has 0 aromatic heterocycles. The molecule has 2 aromatic carbocycles. The summed E-state index contributed by atoms with van der Waals surface area (Å²) in [7, 11) is 1.22. The van der Waals surface area contributed by atoms with Crippen LogP contribution in [0.15, 0.2) is 41.4 Å². The lowest BCUT2D eigenvalue weighted by atomic mass is 10.2. The highest BCUT2D eigenvalue weighted by atomic mass is 35.5. The maximum absolute atomic E-state index is 13.8. The van der Waals surface area contributed by atoms with Crippen molar-refractivity contribution in [3.8, 4) is 5.75 Å². The van der Waals surface area contributed by atoms with Crippen molar-refractivity contribution < 1.29 is 19.0 Å². The van der Waals surface area contributed by atoms with Gasteiger partial charge in [-0.1, -0.05) is 11.6 Å². The first-order valence-electron chi connectivity index (χ1n) is 5.91. The Kier molecular flexibility index (Phi) is 4.55. The van der Waals surface area contributed by atoms with Gasteiger partial charge in [-0.3, -0.25) is 4.99 Å². The molecule has 2 rings (SSSR count). The van der Waals surface area contributed by atoms with Gasteiger partial charge in [-0.2, -0.15) is 0 Å². The molecule has 108 valence electrons. The molecule has 1 N–H and O–H groups in total. The van der Waals surface area contributed by atoms with Crippen LogP contribution in [0.3, 0.4) is 0 Å². The van der Waals surface area contributed by atoms with E-state index in [1.54, 1.807) is 0 Å². The summed E-state index contributed by atoms with van der Waals surface area (Å²) in [4.78, 5) is 15.2. The van der Waals surface area contributed by atoms with E-state index in [1.807, 2.05) is 0 Å². The van der Waals surface area contributed by atoms with Crippen molar-refractivity contribution in [3.05, 3.63) is 58.4 Å². The van der Waals surface area contributed by atoms with E-state index < -0.39 is 11.8 Å². The summed E-state index contributed by atoms with van der Waals surface area (Å²) >= 11 is 5.80. The summed E-state index contributed by atoms with van der Waals surface area (Å²) in [6.07, 6.45) is 1.29. The number of nitrogens with zero attached hydrogens (tertiary/aromatic N) is 1. The number of carbonyl (C=O) groups excluding carboxylic acids is 1. The third kappa shape index (κ3) is 3.58. The van der Waals surface area contributed by atoms with E-state index in [2.05, 4.69) is 9.73 Å². The van der Waals surface area contributed by atoms with Gasteiger partial charge in [0.25, 0.3) is 0 Å². The van der Waals surface area contributed by atoms with Crippen LogP contribution in [-0.4, -0.2) is 24.4 Å². The fraction of sp³-hybridized carbons (Fsp3) is 0.0667. The minimum absolute atomic E-state index is 0.0188. The Morgan fingerprint density at radius 2 is 2.10 bits per heavy atom. The van der Waals surface area contributed by atoms with Crippen LogP contribution < -0.4 is 0 Å². The van der Waals surface area contributed by atoms with E-state index in [0.29, 0.717) is 10.6 Å². The van der Waals surface area contributed by atoms with Gasteiger partial charge in [-0.15, -0.1) is 0 Å². The fourth-order valence-corrected chi connectivity index (χ4v) is 1.80. The maximum atomic E-state index is 13.8. The predicted molar refractivity (Wildman–Crippen MR) is 78.1 cm³/mol. The summed E-state index contributed by atoms with van der Waals surface area (Å²) < 4.78 is 18.3. The molecule has 0 saturated carbocycles. The minimum Gasteiger partial charge on any atom is -0.507 e. The lowest BCUT2D eigenvalue weighted by Crippen LogP contribution is -2.01. The van der Waals surface area contributed by atoms with Crippen LogP contribution in [0.1, 0.15) is 15.9 Å². The van der Waals surface area contributed by atoms with E-state index in [-0.39, 0.29) is 17.0 Å². The highest BCUT2D eigenvalue weighted by molar-refractivity contribution is 6.30. The number of halogens is 2. The number of phenolic OH excluding ortho intramolecular Hbond substituents is 1. The topological polar surface area (TPSA) is 58.9 Å². The van der Waals surface area contributed by atoms with Crippen LogP contribution in [0.5, 0.6) is 5.75 Å². The molecule has 0 aliphatic carbocycles. The molecule has 0 aliphatic heterocycles. The second-order valence-electron chi connectivity index (χ2n) is 4.12. The molecule has 0 bridgehead atoms. The zero-order chi connectivity index (χ0) is 15.4. The van der Waals surface area contributed by atoms with Gasteiger partial charge in [0.15, 0.2) is 0 Å². The van der Waals surface area contributed by atoms with Crippen LogP contribution in [0.25, 0.3) is 0 Å². The molecular formula is C15H11ClFNO3. The molecule has 0 spiro atoms.